The normalized spacial score (nSPS) is 13.7. The van der Waals surface area contributed by atoms with Crippen LogP contribution in [0.3, 0.4) is 0 Å². The second kappa shape index (κ2) is 19.7. The number of methoxy groups -OCH3 is 1. The first-order valence-electron chi connectivity index (χ1n) is 21.7. The van der Waals surface area contributed by atoms with Crippen LogP contribution in [0.5, 0.6) is 5.75 Å². The van der Waals surface area contributed by atoms with Gasteiger partial charge in [-0.1, -0.05) is 12.1 Å². The van der Waals surface area contributed by atoms with Crippen molar-refractivity contribution in [2.45, 2.75) is 76.8 Å². The number of aryl methyl sites for hydroxylation is 2. The summed E-state index contributed by atoms with van der Waals surface area (Å²) in [6.45, 7) is 3.16. The lowest BCUT2D eigenvalue weighted by molar-refractivity contribution is -0.132. The number of carbonyl (C=O) groups excluding carboxylic acids is 2. The smallest absolute Gasteiger partial charge is 0.390 e. The van der Waals surface area contributed by atoms with Gasteiger partial charge < -0.3 is 31.3 Å². The first-order chi connectivity index (χ1) is 32.4. The molecule has 2 fully saturated rings. The van der Waals surface area contributed by atoms with E-state index in [2.05, 4.69) is 62.7 Å². The van der Waals surface area contributed by atoms with Crippen LogP contribution in [0.4, 0.5) is 49.2 Å². The highest BCUT2D eigenvalue weighted by Gasteiger charge is 2.29. The SMILES string of the molecule is COc1ccc(Nc2cc(NCCC(F)(F)F)c3ncc(-c4ccc(C(=O)NC5CC5)c(C)c4)n3n2)cc1.Cc1cc(-c2cnc3c(NCCC(F)(F)F)cc(Br)nn23)ccc1C(=O)NC1CC1. The van der Waals surface area contributed by atoms with Gasteiger partial charge in [0.1, 0.15) is 10.4 Å². The largest absolute Gasteiger partial charge is 0.497 e. The standard InChI is InChI=1S/C27H27F3N6O2.C20H19BrF3N5O/c1-16-13-17(3-10-21(16)26(37)34-19-4-5-19)23-15-32-25-22(31-12-11-27(28,29)30)14-24(35-36(23)25)33-18-6-8-20(38-2)9-7-18;1-11-8-12(2-5-14(11)19(30)27-13-3-4-13)16-10-26-18-15(9-17(21)28-29(16)18)25-7-6-20(22,23)24/h3,6-10,13-15,19,31H,4-5,11-12H2,1-2H3,(H,33,35)(H,34,37);2,5,8-10,13,25H,3-4,6-7H2,1H3,(H,27,30). The molecule has 0 radical (unpaired) electrons. The molecule has 0 atom stereocenters. The number of amides is 2. The molecule has 2 aliphatic rings. The number of hydrogen-bond donors (Lipinski definition) is 5. The molecule has 2 aliphatic carbocycles. The molecule has 68 heavy (non-hydrogen) atoms. The van der Waals surface area contributed by atoms with E-state index >= 15 is 0 Å². The molecule has 4 heterocycles. The Morgan fingerprint density at radius 3 is 1.59 bits per heavy atom. The first kappa shape index (κ1) is 47.6. The Bertz CT molecular complexity index is 2970. The molecular weight excluding hydrogens is 960 g/mol. The van der Waals surface area contributed by atoms with Gasteiger partial charge in [-0.2, -0.15) is 31.4 Å². The zero-order chi connectivity index (χ0) is 48.3. The van der Waals surface area contributed by atoms with Crippen molar-refractivity contribution in [1.82, 2.24) is 39.8 Å². The molecular formula is C47H46BrF6N11O3. The van der Waals surface area contributed by atoms with E-state index in [0.29, 0.717) is 61.4 Å². The Hall–Kier alpha value is -6.90. The molecule has 7 aromatic rings. The van der Waals surface area contributed by atoms with Crippen molar-refractivity contribution in [2.24, 2.45) is 0 Å². The van der Waals surface area contributed by atoms with Crippen LogP contribution in [0, 0.1) is 13.8 Å². The van der Waals surface area contributed by atoms with Crippen LogP contribution in [0.15, 0.2) is 89.8 Å². The van der Waals surface area contributed by atoms with Crippen LogP contribution in [-0.2, 0) is 0 Å². The van der Waals surface area contributed by atoms with Crippen LogP contribution >= 0.6 is 15.9 Å². The lowest BCUT2D eigenvalue weighted by Crippen LogP contribution is -2.26. The molecule has 0 saturated heterocycles. The summed E-state index contributed by atoms with van der Waals surface area (Å²) in [6, 6.07) is 21.9. The summed E-state index contributed by atoms with van der Waals surface area (Å²) < 4.78 is 84.6. The van der Waals surface area contributed by atoms with Gasteiger partial charge in [0.2, 0.25) is 0 Å². The monoisotopic (exact) mass is 1010 g/mol. The number of rotatable bonds is 15. The highest BCUT2D eigenvalue weighted by atomic mass is 79.9. The Morgan fingerprint density at radius 2 is 1.15 bits per heavy atom. The number of hydrogen-bond acceptors (Lipinski definition) is 10. The third-order valence-corrected chi connectivity index (χ3v) is 11.5. The van der Waals surface area contributed by atoms with Gasteiger partial charge in [0, 0.05) is 59.2 Å². The topological polar surface area (TPSA) is 164 Å². The number of halogens is 7. The zero-order valence-corrected chi connectivity index (χ0v) is 38.5. The second-order valence-corrected chi connectivity index (χ2v) is 17.4. The van der Waals surface area contributed by atoms with Crippen LogP contribution in [0.1, 0.15) is 70.4 Å². The van der Waals surface area contributed by atoms with Crippen molar-refractivity contribution >= 4 is 61.9 Å². The van der Waals surface area contributed by atoms with Crippen molar-refractivity contribution in [3.05, 3.63) is 112 Å². The van der Waals surface area contributed by atoms with Gasteiger partial charge in [-0.3, -0.25) is 9.59 Å². The lowest BCUT2D eigenvalue weighted by atomic mass is 10.0. The first-order valence-corrected chi connectivity index (χ1v) is 22.5. The molecule has 5 N–H and O–H groups in total. The third-order valence-electron chi connectivity index (χ3n) is 11.1. The van der Waals surface area contributed by atoms with Crippen molar-refractivity contribution in [3.63, 3.8) is 0 Å². The molecule has 3 aromatic carbocycles. The fourth-order valence-electron chi connectivity index (χ4n) is 7.26. The van der Waals surface area contributed by atoms with Gasteiger partial charge in [-0.25, -0.2) is 19.0 Å². The van der Waals surface area contributed by atoms with Crippen LogP contribution in [0.2, 0.25) is 0 Å². The van der Waals surface area contributed by atoms with Gasteiger partial charge in [0.05, 0.1) is 55.1 Å². The number of carbonyl (C=O) groups is 2. The van der Waals surface area contributed by atoms with E-state index < -0.39 is 25.2 Å². The van der Waals surface area contributed by atoms with Crippen LogP contribution in [-0.4, -0.2) is 85.6 Å². The van der Waals surface area contributed by atoms with Gasteiger partial charge in [0.25, 0.3) is 11.8 Å². The predicted octanol–water partition coefficient (Wildman–Crippen LogP) is 10.4. The number of benzene rings is 3. The Labute approximate surface area is 394 Å². The average Bonchev–Trinajstić information content (AvgIpc) is 4.19. The second-order valence-electron chi connectivity index (χ2n) is 16.6. The van der Waals surface area contributed by atoms with E-state index in [-0.39, 0.29) is 37.0 Å². The van der Waals surface area contributed by atoms with Gasteiger partial charge >= 0.3 is 12.4 Å². The predicted molar refractivity (Wildman–Crippen MR) is 250 cm³/mol. The van der Waals surface area contributed by atoms with Gasteiger partial charge in [-0.05, 0) is 121 Å². The van der Waals surface area contributed by atoms with Crippen LogP contribution < -0.4 is 31.3 Å². The minimum atomic E-state index is -4.29. The summed E-state index contributed by atoms with van der Waals surface area (Å²) >= 11 is 3.31. The maximum Gasteiger partial charge on any atom is 0.390 e. The molecule has 2 saturated carbocycles. The van der Waals surface area contributed by atoms with Gasteiger partial charge in [-0.15, -0.1) is 5.10 Å². The number of ether oxygens (including phenoxy) is 1. The molecule has 0 aliphatic heterocycles. The number of imidazole rings is 2. The Balaban J connectivity index is 0.000000189. The summed E-state index contributed by atoms with van der Waals surface area (Å²) in [6.07, 6.45) is -3.18. The molecule has 2 amide bonds. The lowest BCUT2D eigenvalue weighted by Gasteiger charge is -2.14. The highest BCUT2D eigenvalue weighted by molar-refractivity contribution is 9.10. The number of nitrogens with zero attached hydrogens (tertiary/aromatic N) is 6. The Morgan fingerprint density at radius 1 is 0.676 bits per heavy atom. The molecule has 0 spiro atoms. The molecule has 9 rings (SSSR count). The molecule has 356 valence electrons. The summed E-state index contributed by atoms with van der Waals surface area (Å²) in [4.78, 5) is 33.7. The number of aromatic nitrogens is 6. The fourth-order valence-corrected chi connectivity index (χ4v) is 7.65. The average molecular weight is 1010 g/mol. The Kier molecular flexibility index (Phi) is 13.8. The highest BCUT2D eigenvalue weighted by Crippen LogP contribution is 2.32. The molecule has 14 nitrogen and oxygen atoms in total. The minimum absolute atomic E-state index is 0.0864. The molecule has 21 heteroatoms. The number of anilines is 4. The van der Waals surface area contributed by atoms with Crippen LogP contribution in [0.25, 0.3) is 33.8 Å². The number of nitrogens with one attached hydrogen (secondary N) is 5. The molecule has 4 aromatic heterocycles. The van der Waals surface area contributed by atoms with E-state index in [1.165, 1.54) is 0 Å². The summed E-state index contributed by atoms with van der Waals surface area (Å²) in [7, 11) is 1.57. The zero-order valence-electron chi connectivity index (χ0n) is 36.9. The maximum atomic E-state index is 12.8. The maximum absolute atomic E-state index is 12.8. The summed E-state index contributed by atoms with van der Waals surface area (Å²) in [5.74, 6) is 0.912. The third kappa shape index (κ3) is 12.0. The van der Waals surface area contributed by atoms with E-state index in [0.717, 1.165) is 53.6 Å². The van der Waals surface area contributed by atoms with Crippen molar-refractivity contribution < 1.29 is 40.7 Å². The van der Waals surface area contributed by atoms with E-state index in [1.807, 2.05) is 50.2 Å². The summed E-state index contributed by atoms with van der Waals surface area (Å²) in [5, 5.41) is 23.9. The van der Waals surface area contributed by atoms with E-state index in [4.69, 9.17) is 4.74 Å². The molecule has 0 unspecified atom stereocenters. The van der Waals surface area contributed by atoms with Crippen molar-refractivity contribution in [1.29, 1.82) is 0 Å². The van der Waals surface area contributed by atoms with Crippen molar-refractivity contribution in [3.8, 4) is 28.3 Å². The summed E-state index contributed by atoms with van der Waals surface area (Å²) in [5.41, 5.74) is 8.09. The van der Waals surface area contributed by atoms with E-state index in [1.54, 1.807) is 64.9 Å². The quantitative estimate of drug-likeness (QED) is 0.0625. The minimum Gasteiger partial charge on any atom is -0.497 e. The van der Waals surface area contributed by atoms with Crippen molar-refractivity contribution in [2.75, 3.05) is 36.1 Å². The number of alkyl halides is 6. The van der Waals surface area contributed by atoms with Gasteiger partial charge in [0.15, 0.2) is 17.1 Å². The fraction of sp³-hybridized carbons (Fsp3) is 0.319. The number of fused-ring (bicyclic) bond motifs is 2. The van der Waals surface area contributed by atoms with E-state index in [9.17, 15) is 35.9 Å². The molecule has 0 bridgehead atoms.